The van der Waals surface area contributed by atoms with Crippen LogP contribution in [0.4, 0.5) is 14.0 Å². The molecule has 0 spiro atoms. The number of carboxylic acids is 2. The summed E-state index contributed by atoms with van der Waals surface area (Å²) in [5.41, 5.74) is 3.63. The standard InChI is InChI=1S/C32H43NO6S.C31H32FNO6/c1-20(2)14-15-38-31(37)33-18-25(27(19-33)28(34)24-10-12-26(40-7)13-11-24)9-8-23-16-21(3)29(22(4)17-23)39-32(5,6)30(35)36;1-19-14-21(15-20(2)28(19)39-31(3,4)29(35)36)16-23-17-33(30(37)38-25-8-6-5-7-9-25)18-26(23)27(34)22-10-12-24(32)13-11-22/h10-13,16-17,20,25,27H,8-9,14-15,18-19H2,1-7H3,(H,35,36);5-15,23,26H,16-18H2,1-4H3,(H,35,36). The number of carbonyl (C=O) groups is 6. The smallest absolute Gasteiger partial charge is 0.415 e. The minimum Gasteiger partial charge on any atom is -0.478 e. The summed E-state index contributed by atoms with van der Waals surface area (Å²) in [6, 6.07) is 29.7. The second-order valence-electron chi connectivity index (χ2n) is 22.2. The van der Waals surface area contributed by atoms with Gasteiger partial charge < -0.3 is 39.0 Å². The molecule has 7 rings (SSSR count). The van der Waals surface area contributed by atoms with Crippen LogP contribution in [-0.4, -0.2) is 106 Å². The lowest BCUT2D eigenvalue weighted by atomic mass is 9.84. The summed E-state index contributed by atoms with van der Waals surface area (Å²) >= 11 is 1.63. The number of likely N-dealkylation sites (tertiary alicyclic amines) is 2. The number of ether oxygens (including phenoxy) is 4. The van der Waals surface area contributed by atoms with Crippen molar-refractivity contribution >= 4 is 47.5 Å². The zero-order valence-electron chi connectivity index (χ0n) is 47.2. The number of aryl methyl sites for hydroxylation is 5. The molecule has 0 aromatic heterocycles. The number of carboxylic acid groups (broad SMARTS) is 2. The monoisotopic (exact) mass is 1100 g/mol. The number of halogens is 1. The molecule has 16 heteroatoms. The summed E-state index contributed by atoms with van der Waals surface area (Å²) in [7, 11) is 0. The highest BCUT2D eigenvalue weighted by molar-refractivity contribution is 7.98. The number of amides is 2. The Balaban J connectivity index is 0.000000255. The topological polar surface area (TPSA) is 186 Å². The van der Waals surface area contributed by atoms with Crippen molar-refractivity contribution < 1.29 is 62.3 Å². The molecule has 2 amide bonds. The van der Waals surface area contributed by atoms with Crippen molar-refractivity contribution in [2.24, 2.45) is 29.6 Å². The predicted octanol–water partition coefficient (Wildman–Crippen LogP) is 12.7. The van der Waals surface area contributed by atoms with Crippen molar-refractivity contribution in [2.75, 3.05) is 39.0 Å². The minimum absolute atomic E-state index is 0.00661. The van der Waals surface area contributed by atoms with Gasteiger partial charge in [0.05, 0.1) is 6.61 Å². The normalized spacial score (nSPS) is 17.2. The van der Waals surface area contributed by atoms with Crippen LogP contribution in [0.5, 0.6) is 17.2 Å². The quantitative estimate of drug-likeness (QED) is 0.0554. The molecule has 0 saturated carbocycles. The lowest BCUT2D eigenvalue weighted by Crippen LogP contribution is -2.38. The van der Waals surface area contributed by atoms with Gasteiger partial charge >= 0.3 is 24.1 Å². The molecule has 0 aliphatic carbocycles. The average molecular weight is 1100 g/mol. The van der Waals surface area contributed by atoms with E-state index in [1.165, 1.54) is 56.9 Å². The fourth-order valence-electron chi connectivity index (χ4n) is 9.98. The second kappa shape index (κ2) is 26.6. The third-order valence-corrected chi connectivity index (χ3v) is 15.3. The van der Waals surface area contributed by atoms with Gasteiger partial charge in [-0.1, -0.05) is 68.4 Å². The number of ketones is 2. The van der Waals surface area contributed by atoms with Crippen molar-refractivity contribution in [3.8, 4) is 17.2 Å². The molecule has 2 saturated heterocycles. The van der Waals surface area contributed by atoms with Gasteiger partial charge in [0.1, 0.15) is 23.1 Å². The van der Waals surface area contributed by atoms with Crippen molar-refractivity contribution in [1.29, 1.82) is 0 Å². The molecular formula is C63H75FN2O12S. The third kappa shape index (κ3) is 16.2. The Bertz CT molecular complexity index is 2930. The van der Waals surface area contributed by atoms with Gasteiger partial charge in [-0.05, 0) is 187 Å². The maximum atomic E-state index is 13.6. The van der Waals surface area contributed by atoms with Gasteiger partial charge in [0.15, 0.2) is 22.8 Å². The second-order valence-corrected chi connectivity index (χ2v) is 23.1. The van der Waals surface area contributed by atoms with Crippen LogP contribution < -0.4 is 14.2 Å². The summed E-state index contributed by atoms with van der Waals surface area (Å²) in [4.78, 5) is 80.4. The molecule has 2 aliphatic heterocycles. The number of Topliss-reactive ketones (excluding diaryl/α,β-unsaturated/α-hetero) is 2. The molecule has 0 radical (unpaired) electrons. The molecule has 2 N–H and O–H groups in total. The first-order valence-electron chi connectivity index (χ1n) is 26.7. The SMILES string of the molecule is CSc1ccc(C(=O)C2CN(C(=O)OCCC(C)C)CC2CCc2cc(C)c(OC(C)(C)C(=O)O)c(C)c2)cc1.Cc1cc(CC2CN(C(=O)Oc3ccccc3)CC2C(=O)c2ccc(F)cc2)cc(C)c1OC(C)(C)C(=O)O. The highest BCUT2D eigenvalue weighted by atomic mass is 32.2. The van der Waals surface area contributed by atoms with Crippen LogP contribution in [0.2, 0.25) is 0 Å². The van der Waals surface area contributed by atoms with E-state index < -0.39 is 41.0 Å². The van der Waals surface area contributed by atoms with E-state index in [9.17, 15) is 43.4 Å². The number of hydrogen-bond donors (Lipinski definition) is 2. The lowest BCUT2D eigenvalue weighted by molar-refractivity contribution is -0.152. The molecule has 14 nitrogen and oxygen atoms in total. The zero-order chi connectivity index (χ0) is 57.9. The molecular weight excluding hydrogens is 1030 g/mol. The van der Waals surface area contributed by atoms with E-state index in [1.54, 1.807) is 40.9 Å². The number of thioether (sulfide) groups is 1. The van der Waals surface area contributed by atoms with Gasteiger partial charge in [0, 0.05) is 54.0 Å². The van der Waals surface area contributed by atoms with Crippen LogP contribution in [-0.2, 0) is 27.2 Å². The fraction of sp³-hybridized carbons (Fsp3) is 0.429. The average Bonchev–Trinajstić information content (AvgIpc) is 4.14. The third-order valence-electron chi connectivity index (χ3n) is 14.5. The largest absolute Gasteiger partial charge is 0.478 e. The van der Waals surface area contributed by atoms with Crippen LogP contribution in [0, 0.1) is 63.1 Å². The minimum atomic E-state index is -1.39. The van der Waals surface area contributed by atoms with E-state index in [4.69, 9.17) is 18.9 Å². The number of nitrogens with zero attached hydrogens (tertiary/aromatic N) is 2. The predicted molar refractivity (Wildman–Crippen MR) is 302 cm³/mol. The number of rotatable bonds is 20. The summed E-state index contributed by atoms with van der Waals surface area (Å²) in [6.45, 7) is 19.5. The van der Waals surface area contributed by atoms with E-state index >= 15 is 0 Å². The summed E-state index contributed by atoms with van der Waals surface area (Å²) in [5.74, 6) is -1.73. The fourth-order valence-corrected chi connectivity index (χ4v) is 10.4. The summed E-state index contributed by atoms with van der Waals surface area (Å²) in [5, 5.41) is 18.9. The number of benzene rings is 5. The van der Waals surface area contributed by atoms with Gasteiger partial charge in [0.25, 0.3) is 0 Å². The van der Waals surface area contributed by atoms with Crippen LogP contribution in [0.1, 0.15) is 108 Å². The Hall–Kier alpha value is -7.20. The number of carbonyl (C=O) groups excluding carboxylic acids is 4. The molecule has 5 aromatic carbocycles. The van der Waals surface area contributed by atoms with Crippen LogP contribution in [0.3, 0.4) is 0 Å². The molecule has 5 aromatic rings. The molecule has 2 aliphatic rings. The Morgan fingerprint density at radius 3 is 1.57 bits per heavy atom. The van der Waals surface area contributed by atoms with Gasteiger partial charge in [0.2, 0.25) is 0 Å². The van der Waals surface area contributed by atoms with E-state index in [-0.39, 0.29) is 42.0 Å². The molecule has 4 unspecified atom stereocenters. The number of para-hydroxylation sites is 1. The van der Waals surface area contributed by atoms with E-state index in [1.807, 2.05) is 88.5 Å². The van der Waals surface area contributed by atoms with Crippen LogP contribution in [0.25, 0.3) is 0 Å². The van der Waals surface area contributed by atoms with Crippen molar-refractivity contribution in [1.82, 2.24) is 9.80 Å². The van der Waals surface area contributed by atoms with E-state index in [0.717, 1.165) is 57.5 Å². The zero-order valence-corrected chi connectivity index (χ0v) is 48.0. The molecule has 2 fully saturated rings. The van der Waals surface area contributed by atoms with Gasteiger partial charge in [-0.25, -0.2) is 23.6 Å². The van der Waals surface area contributed by atoms with Crippen molar-refractivity contribution in [3.05, 3.63) is 153 Å². The first-order chi connectivity index (χ1) is 37.3. The van der Waals surface area contributed by atoms with Gasteiger partial charge in [-0.3, -0.25) is 9.59 Å². The maximum absolute atomic E-state index is 13.6. The Morgan fingerprint density at radius 1 is 0.633 bits per heavy atom. The summed E-state index contributed by atoms with van der Waals surface area (Å²) < 4.78 is 36.2. The van der Waals surface area contributed by atoms with Crippen LogP contribution >= 0.6 is 11.8 Å². The first kappa shape index (κ1) is 61.0. The molecule has 4 atom stereocenters. The molecule has 0 bridgehead atoms. The Morgan fingerprint density at radius 2 is 1.09 bits per heavy atom. The summed E-state index contributed by atoms with van der Waals surface area (Å²) in [6.07, 6.45) is 3.86. The van der Waals surface area contributed by atoms with Crippen molar-refractivity contribution in [2.45, 2.75) is 111 Å². The molecule has 2 heterocycles. The lowest BCUT2D eigenvalue weighted by Gasteiger charge is -2.25. The molecule has 79 heavy (non-hydrogen) atoms. The van der Waals surface area contributed by atoms with E-state index in [2.05, 4.69) is 13.8 Å². The first-order valence-corrected chi connectivity index (χ1v) is 28.0. The maximum Gasteiger partial charge on any atom is 0.415 e. The van der Waals surface area contributed by atoms with Gasteiger partial charge in [-0.2, -0.15) is 0 Å². The number of aliphatic carboxylic acids is 2. The van der Waals surface area contributed by atoms with Crippen LogP contribution in [0.15, 0.2) is 108 Å². The van der Waals surface area contributed by atoms with Gasteiger partial charge in [-0.15, -0.1) is 11.8 Å². The van der Waals surface area contributed by atoms with Crippen molar-refractivity contribution in [3.63, 3.8) is 0 Å². The molecule has 422 valence electrons. The highest BCUT2D eigenvalue weighted by Gasteiger charge is 2.42. The number of hydrogen-bond acceptors (Lipinski definition) is 11. The Kier molecular flexibility index (Phi) is 20.6. The van der Waals surface area contributed by atoms with E-state index in [0.29, 0.717) is 67.0 Å². The Labute approximate surface area is 468 Å². The highest BCUT2D eigenvalue weighted by Crippen LogP contribution is 2.36.